The molecule has 112 valence electrons. The van der Waals surface area contributed by atoms with Crippen LogP contribution in [-0.4, -0.2) is 42.0 Å². The highest BCUT2D eigenvalue weighted by atomic mass is 35.5. The van der Waals surface area contributed by atoms with Crippen molar-refractivity contribution < 1.29 is 31.1 Å². The molecule has 2 rings (SSSR count). The van der Waals surface area contributed by atoms with E-state index in [2.05, 4.69) is 0 Å². The number of rotatable bonds is 2. The maximum Gasteiger partial charge on any atom is 0.415 e. The summed E-state index contributed by atoms with van der Waals surface area (Å²) in [4.78, 5) is 0. The predicted octanol–water partition coefficient (Wildman–Crippen LogP) is 2.85. The second-order valence-corrected chi connectivity index (χ2v) is 5.26. The van der Waals surface area contributed by atoms with Crippen LogP contribution in [0.4, 0.5) is 26.3 Å². The number of fused-ring (bicyclic) bond motifs is 2. The van der Waals surface area contributed by atoms with E-state index in [-0.39, 0.29) is 13.0 Å². The molecule has 2 bridgehead atoms. The molecule has 0 aromatic heterocycles. The lowest BCUT2D eigenvalue weighted by atomic mass is 9.82. The first-order chi connectivity index (χ1) is 8.56. The van der Waals surface area contributed by atoms with Crippen molar-refractivity contribution in [3.63, 3.8) is 0 Å². The van der Waals surface area contributed by atoms with Crippen molar-refractivity contribution in [2.45, 2.75) is 48.8 Å². The van der Waals surface area contributed by atoms with E-state index in [0.717, 1.165) is 0 Å². The summed E-state index contributed by atoms with van der Waals surface area (Å²) in [6.07, 6.45) is -12.0. The minimum absolute atomic E-state index is 0.213. The van der Waals surface area contributed by atoms with Crippen LogP contribution >= 0.6 is 11.6 Å². The second-order valence-electron chi connectivity index (χ2n) is 4.75. The molecule has 1 heterocycles. The number of hydrogen-bond acceptors (Lipinski definition) is 2. The Morgan fingerprint density at radius 3 is 2.05 bits per heavy atom. The lowest BCUT2D eigenvalue weighted by Crippen LogP contribution is -2.70. The van der Waals surface area contributed by atoms with Gasteiger partial charge >= 0.3 is 12.4 Å². The Balaban J connectivity index is 2.37. The van der Waals surface area contributed by atoms with Crippen molar-refractivity contribution >= 4 is 11.6 Å². The lowest BCUT2D eigenvalue weighted by molar-refractivity contribution is -0.321. The molecule has 1 aliphatic heterocycles. The molecule has 1 saturated carbocycles. The van der Waals surface area contributed by atoms with Crippen LogP contribution < -0.4 is 5.32 Å². The van der Waals surface area contributed by atoms with Gasteiger partial charge in [0, 0.05) is 12.5 Å². The van der Waals surface area contributed by atoms with Gasteiger partial charge in [0.1, 0.15) is 0 Å². The average molecular weight is 312 g/mol. The third kappa shape index (κ3) is 1.94. The summed E-state index contributed by atoms with van der Waals surface area (Å²) < 4.78 is 83.0. The largest absolute Gasteiger partial charge is 0.415 e. The highest BCUT2D eigenvalue weighted by Crippen LogP contribution is 2.58. The van der Waals surface area contributed by atoms with E-state index in [9.17, 15) is 26.3 Å². The first-order valence-electron chi connectivity index (χ1n) is 5.73. The maximum atomic E-state index is 13.0. The molecule has 0 amide bonds. The Morgan fingerprint density at radius 1 is 1.21 bits per heavy atom. The maximum absolute atomic E-state index is 13.0. The quantitative estimate of drug-likeness (QED) is 0.625. The highest BCUT2D eigenvalue weighted by molar-refractivity contribution is 6.22. The van der Waals surface area contributed by atoms with E-state index in [0.29, 0.717) is 0 Å². The molecule has 0 unspecified atom stereocenters. The van der Waals surface area contributed by atoms with Crippen LogP contribution in [0.3, 0.4) is 0 Å². The zero-order valence-corrected chi connectivity index (χ0v) is 10.5. The van der Waals surface area contributed by atoms with Crippen molar-refractivity contribution in [3.05, 3.63) is 0 Å². The Labute approximate surface area is 110 Å². The number of ether oxygens (including phenoxy) is 1. The molecule has 4 atom stereocenters. The monoisotopic (exact) mass is 311 g/mol. The van der Waals surface area contributed by atoms with Crippen molar-refractivity contribution in [3.8, 4) is 0 Å². The van der Waals surface area contributed by atoms with Gasteiger partial charge in [-0.25, -0.2) is 0 Å². The molecule has 0 aromatic carbocycles. The molecule has 2 fully saturated rings. The van der Waals surface area contributed by atoms with E-state index in [1.807, 2.05) is 0 Å². The summed E-state index contributed by atoms with van der Waals surface area (Å²) in [5.74, 6) is -1.77. The third-order valence-electron chi connectivity index (χ3n) is 3.84. The average Bonchev–Trinajstić information content (AvgIpc) is 2.68. The van der Waals surface area contributed by atoms with Crippen LogP contribution in [0.2, 0.25) is 0 Å². The summed E-state index contributed by atoms with van der Waals surface area (Å²) in [7, 11) is 0. The first kappa shape index (κ1) is 15.2. The fourth-order valence-corrected chi connectivity index (χ4v) is 3.59. The van der Waals surface area contributed by atoms with Crippen LogP contribution in [0.5, 0.6) is 0 Å². The third-order valence-corrected chi connectivity index (χ3v) is 4.42. The summed E-state index contributed by atoms with van der Waals surface area (Å²) >= 11 is 5.76. The van der Waals surface area contributed by atoms with E-state index in [1.54, 1.807) is 12.2 Å². The topological polar surface area (TPSA) is 21.3 Å². The molecule has 2 nitrogen and oxygen atoms in total. The summed E-state index contributed by atoms with van der Waals surface area (Å²) in [6.45, 7) is 1.83. The van der Waals surface area contributed by atoms with Gasteiger partial charge in [0.2, 0.25) is 5.54 Å². The molecular formula is C10H12ClF6NO. The van der Waals surface area contributed by atoms with Gasteiger partial charge in [-0.2, -0.15) is 26.3 Å². The Hall–Kier alpha value is -0.210. The lowest BCUT2D eigenvalue weighted by Gasteiger charge is -2.42. The molecule has 9 heteroatoms. The molecular weight excluding hydrogens is 300 g/mol. The Kier molecular flexibility index (Phi) is 3.51. The number of piperidine rings is 1. The van der Waals surface area contributed by atoms with E-state index >= 15 is 0 Å². The second kappa shape index (κ2) is 4.39. The highest BCUT2D eigenvalue weighted by Gasteiger charge is 2.81. The van der Waals surface area contributed by atoms with Crippen LogP contribution in [0.25, 0.3) is 0 Å². The van der Waals surface area contributed by atoms with Crippen molar-refractivity contribution in [1.82, 2.24) is 5.32 Å². The summed E-state index contributed by atoms with van der Waals surface area (Å²) in [5.41, 5.74) is -3.93. The molecule has 1 aliphatic carbocycles. The summed E-state index contributed by atoms with van der Waals surface area (Å²) in [6, 6.07) is -1.14. The van der Waals surface area contributed by atoms with Gasteiger partial charge in [0.25, 0.3) is 0 Å². The summed E-state index contributed by atoms with van der Waals surface area (Å²) in [5, 5.41) is 0.411. The molecule has 0 spiro atoms. The zero-order chi connectivity index (χ0) is 14.6. The number of halogens is 7. The minimum atomic E-state index is -5.45. The van der Waals surface area contributed by atoms with Crippen LogP contribution in [0, 0.1) is 5.92 Å². The minimum Gasteiger partial charge on any atom is -0.377 e. The van der Waals surface area contributed by atoms with E-state index in [4.69, 9.17) is 16.3 Å². The normalized spacial score (nSPS) is 37.9. The molecule has 0 radical (unpaired) electrons. The van der Waals surface area contributed by atoms with Crippen LogP contribution in [-0.2, 0) is 4.74 Å². The van der Waals surface area contributed by atoms with E-state index in [1.165, 1.54) is 0 Å². The first-order valence-corrected chi connectivity index (χ1v) is 6.16. The van der Waals surface area contributed by atoms with Crippen molar-refractivity contribution in [2.24, 2.45) is 5.92 Å². The van der Waals surface area contributed by atoms with E-state index < -0.39 is 41.3 Å². The molecule has 2 aliphatic rings. The van der Waals surface area contributed by atoms with Gasteiger partial charge in [-0.3, -0.25) is 5.32 Å². The Morgan fingerprint density at radius 2 is 1.74 bits per heavy atom. The zero-order valence-electron chi connectivity index (χ0n) is 9.78. The fourth-order valence-electron chi connectivity index (χ4n) is 3.07. The predicted molar refractivity (Wildman–Crippen MR) is 54.9 cm³/mol. The smallest absolute Gasteiger partial charge is 0.377 e. The van der Waals surface area contributed by atoms with Gasteiger partial charge in [-0.1, -0.05) is 0 Å². The SMILES string of the molecule is CCO[C@H]1C[C@H]2[C@H](Cl)[C@@H]1NC2(C(F)(F)F)C(F)(F)F. The molecule has 0 aromatic rings. The van der Waals surface area contributed by atoms with Gasteiger partial charge in [0.15, 0.2) is 0 Å². The van der Waals surface area contributed by atoms with Gasteiger partial charge in [-0.15, -0.1) is 11.6 Å². The number of nitrogens with one attached hydrogen (secondary N) is 1. The molecule has 1 saturated heterocycles. The van der Waals surface area contributed by atoms with Gasteiger partial charge in [0.05, 0.1) is 17.5 Å². The Bertz CT molecular complexity index is 343. The molecule has 19 heavy (non-hydrogen) atoms. The van der Waals surface area contributed by atoms with Crippen LogP contribution in [0.15, 0.2) is 0 Å². The number of alkyl halides is 7. The van der Waals surface area contributed by atoms with Gasteiger partial charge < -0.3 is 4.74 Å². The van der Waals surface area contributed by atoms with Gasteiger partial charge in [-0.05, 0) is 13.3 Å². The van der Waals surface area contributed by atoms with Crippen molar-refractivity contribution in [2.75, 3.05) is 6.61 Å². The fraction of sp³-hybridized carbons (Fsp3) is 1.00. The standard InChI is InChI=1S/C10H12ClF6NO/c1-2-19-5-3-4-6(11)7(5)18-8(4,9(12,13)14)10(15,16)17/h4-7,18H,2-3H2,1H3/t4-,5-,6-,7+/m0/s1. The van der Waals surface area contributed by atoms with Crippen LogP contribution in [0.1, 0.15) is 13.3 Å². The number of hydrogen-bond donors (Lipinski definition) is 1. The molecule has 1 N–H and O–H groups in total. The van der Waals surface area contributed by atoms with Crippen molar-refractivity contribution in [1.29, 1.82) is 0 Å².